The fraction of sp³-hybridized carbons (Fsp3) is 0.435. The molecule has 0 atom stereocenters. The summed E-state index contributed by atoms with van der Waals surface area (Å²) in [6, 6.07) is 11.4. The van der Waals surface area contributed by atoms with Crippen LogP contribution in [0.1, 0.15) is 24.2 Å². The summed E-state index contributed by atoms with van der Waals surface area (Å²) in [5.74, 6) is 1.70. The third kappa shape index (κ3) is 6.53. The lowest BCUT2D eigenvalue weighted by Crippen LogP contribution is -2.48. The van der Waals surface area contributed by atoms with Crippen LogP contribution < -0.4 is 15.4 Å². The van der Waals surface area contributed by atoms with E-state index in [-0.39, 0.29) is 35.5 Å². The molecule has 0 amide bonds. The van der Waals surface area contributed by atoms with Crippen molar-refractivity contribution in [2.45, 2.75) is 31.8 Å². The van der Waals surface area contributed by atoms with Gasteiger partial charge in [-0.3, -0.25) is 14.3 Å². The Bertz CT molecular complexity index is 1070. The van der Waals surface area contributed by atoms with Crippen LogP contribution in [0.5, 0.6) is 5.75 Å². The second-order valence-electron chi connectivity index (χ2n) is 7.96. The van der Waals surface area contributed by atoms with Crippen LogP contribution in [0.4, 0.5) is 4.39 Å². The number of methoxy groups -OCH3 is 1. The largest absolute Gasteiger partial charge is 0.494 e. The standard InChI is InChI=1S/C23H30FN7O.HI/c1-25-23(26-11-8-22-29-28-21-5-3-4-12-31(21)22)27-18-9-13-30(14-10-18)16-17-6-7-20(32-2)19(24)15-17;/h3-7,12,15,18H,8-11,13-14,16H2,1-2H3,(H2,25,26,27);1H. The molecule has 1 saturated heterocycles. The number of piperidine rings is 1. The van der Waals surface area contributed by atoms with Gasteiger partial charge in [0.25, 0.3) is 0 Å². The number of pyridine rings is 1. The molecule has 3 heterocycles. The highest BCUT2D eigenvalue weighted by atomic mass is 127. The Labute approximate surface area is 210 Å². The molecule has 33 heavy (non-hydrogen) atoms. The van der Waals surface area contributed by atoms with Gasteiger partial charge in [-0.25, -0.2) is 4.39 Å². The number of nitrogens with zero attached hydrogens (tertiary/aromatic N) is 5. The van der Waals surface area contributed by atoms with E-state index >= 15 is 0 Å². The van der Waals surface area contributed by atoms with Crippen molar-refractivity contribution >= 4 is 35.6 Å². The molecule has 0 unspecified atom stereocenters. The molecular weight excluding hydrogens is 536 g/mol. The number of aromatic nitrogens is 3. The van der Waals surface area contributed by atoms with Crippen molar-refractivity contribution in [2.24, 2.45) is 4.99 Å². The number of likely N-dealkylation sites (tertiary alicyclic amines) is 1. The van der Waals surface area contributed by atoms with Gasteiger partial charge in [0.1, 0.15) is 5.82 Å². The molecule has 0 saturated carbocycles. The maximum absolute atomic E-state index is 13.9. The highest BCUT2D eigenvalue weighted by Gasteiger charge is 2.20. The molecule has 1 fully saturated rings. The van der Waals surface area contributed by atoms with Gasteiger partial charge in [0.15, 0.2) is 23.2 Å². The second kappa shape index (κ2) is 12.1. The van der Waals surface area contributed by atoms with Crippen LogP contribution in [0.25, 0.3) is 5.65 Å². The summed E-state index contributed by atoms with van der Waals surface area (Å²) in [7, 11) is 3.27. The lowest BCUT2D eigenvalue weighted by molar-refractivity contribution is 0.198. The molecule has 1 aliphatic rings. The summed E-state index contributed by atoms with van der Waals surface area (Å²) in [6.07, 6.45) is 4.75. The van der Waals surface area contributed by atoms with Crippen molar-refractivity contribution in [2.75, 3.05) is 33.8 Å². The molecule has 4 rings (SSSR count). The molecule has 0 aliphatic carbocycles. The number of guanidine groups is 1. The summed E-state index contributed by atoms with van der Waals surface area (Å²) in [6.45, 7) is 3.37. The first-order valence-electron chi connectivity index (χ1n) is 11.0. The number of hydrogen-bond acceptors (Lipinski definition) is 5. The number of fused-ring (bicyclic) bond motifs is 1. The number of halogens is 2. The molecule has 0 radical (unpaired) electrons. The van der Waals surface area contributed by atoms with Gasteiger partial charge in [-0.1, -0.05) is 12.1 Å². The lowest BCUT2D eigenvalue weighted by atomic mass is 10.0. The molecule has 0 spiro atoms. The maximum atomic E-state index is 13.9. The summed E-state index contributed by atoms with van der Waals surface area (Å²) in [4.78, 5) is 6.71. The van der Waals surface area contributed by atoms with Crippen molar-refractivity contribution in [3.05, 3.63) is 59.8 Å². The summed E-state index contributed by atoms with van der Waals surface area (Å²) in [5, 5.41) is 15.4. The Kier molecular flexibility index (Phi) is 9.24. The molecule has 10 heteroatoms. The first-order valence-corrected chi connectivity index (χ1v) is 11.0. The van der Waals surface area contributed by atoms with E-state index in [1.54, 1.807) is 19.2 Å². The van der Waals surface area contributed by atoms with E-state index in [4.69, 9.17) is 4.74 Å². The van der Waals surface area contributed by atoms with Crippen LogP contribution in [0, 0.1) is 5.82 Å². The Morgan fingerprint density at radius 3 is 2.76 bits per heavy atom. The minimum atomic E-state index is -0.310. The third-order valence-corrected chi connectivity index (χ3v) is 5.80. The SMILES string of the molecule is CN=C(NCCc1nnc2ccccn12)NC1CCN(Cc2ccc(OC)c(F)c2)CC1.I. The Morgan fingerprint density at radius 1 is 1.21 bits per heavy atom. The van der Waals surface area contributed by atoms with Crippen LogP contribution in [0.2, 0.25) is 0 Å². The maximum Gasteiger partial charge on any atom is 0.191 e. The van der Waals surface area contributed by atoms with E-state index in [1.165, 1.54) is 7.11 Å². The van der Waals surface area contributed by atoms with Crippen LogP contribution in [0.15, 0.2) is 47.6 Å². The van der Waals surface area contributed by atoms with Gasteiger partial charge < -0.3 is 15.4 Å². The number of aliphatic imine (C=N–C) groups is 1. The van der Waals surface area contributed by atoms with E-state index < -0.39 is 0 Å². The second-order valence-corrected chi connectivity index (χ2v) is 7.96. The molecular formula is C23H31FIN7O. The minimum Gasteiger partial charge on any atom is -0.494 e. The number of ether oxygens (including phenoxy) is 1. The van der Waals surface area contributed by atoms with Gasteiger partial charge in [0.05, 0.1) is 7.11 Å². The first-order chi connectivity index (χ1) is 15.7. The fourth-order valence-electron chi connectivity index (χ4n) is 4.04. The highest BCUT2D eigenvalue weighted by Crippen LogP contribution is 2.20. The zero-order chi connectivity index (χ0) is 22.3. The molecule has 2 N–H and O–H groups in total. The lowest BCUT2D eigenvalue weighted by Gasteiger charge is -2.33. The van der Waals surface area contributed by atoms with Crippen molar-refractivity contribution in [3.63, 3.8) is 0 Å². The zero-order valence-corrected chi connectivity index (χ0v) is 21.3. The van der Waals surface area contributed by atoms with Crippen molar-refractivity contribution < 1.29 is 9.13 Å². The quantitative estimate of drug-likeness (QED) is 0.260. The van der Waals surface area contributed by atoms with Crippen molar-refractivity contribution in [1.82, 2.24) is 30.1 Å². The van der Waals surface area contributed by atoms with E-state index in [0.717, 1.165) is 68.4 Å². The number of hydrogen-bond donors (Lipinski definition) is 2. The number of benzene rings is 1. The topological polar surface area (TPSA) is 79.1 Å². The van der Waals surface area contributed by atoms with E-state index in [0.29, 0.717) is 6.04 Å². The van der Waals surface area contributed by atoms with Crippen molar-refractivity contribution in [3.8, 4) is 5.75 Å². The van der Waals surface area contributed by atoms with Crippen LogP contribution in [-0.4, -0.2) is 65.3 Å². The highest BCUT2D eigenvalue weighted by molar-refractivity contribution is 14.0. The number of nitrogens with one attached hydrogen (secondary N) is 2. The Morgan fingerprint density at radius 2 is 2.03 bits per heavy atom. The molecule has 0 bridgehead atoms. The first kappa shape index (κ1) is 25.2. The molecule has 1 aromatic carbocycles. The van der Waals surface area contributed by atoms with E-state index in [1.807, 2.05) is 34.9 Å². The Hall–Kier alpha value is -2.47. The Balaban J connectivity index is 0.00000306. The van der Waals surface area contributed by atoms with Gasteiger partial charge in [0.2, 0.25) is 0 Å². The van der Waals surface area contributed by atoms with Crippen LogP contribution >= 0.6 is 24.0 Å². The van der Waals surface area contributed by atoms with Gasteiger partial charge in [-0.05, 0) is 42.7 Å². The minimum absolute atomic E-state index is 0. The molecule has 1 aliphatic heterocycles. The van der Waals surface area contributed by atoms with Gasteiger partial charge >= 0.3 is 0 Å². The molecule has 8 nitrogen and oxygen atoms in total. The average molecular weight is 567 g/mol. The normalized spacial score (nSPS) is 15.3. The summed E-state index contributed by atoms with van der Waals surface area (Å²) < 4.78 is 20.9. The molecule has 3 aromatic rings. The summed E-state index contributed by atoms with van der Waals surface area (Å²) >= 11 is 0. The van der Waals surface area contributed by atoms with Gasteiger partial charge in [0, 0.05) is 51.9 Å². The third-order valence-electron chi connectivity index (χ3n) is 5.80. The smallest absolute Gasteiger partial charge is 0.191 e. The molecule has 2 aromatic heterocycles. The van der Waals surface area contributed by atoms with Gasteiger partial charge in [-0.2, -0.15) is 0 Å². The fourth-order valence-corrected chi connectivity index (χ4v) is 4.04. The van der Waals surface area contributed by atoms with E-state index in [2.05, 4.69) is 30.7 Å². The zero-order valence-electron chi connectivity index (χ0n) is 19.0. The van der Waals surface area contributed by atoms with E-state index in [9.17, 15) is 4.39 Å². The van der Waals surface area contributed by atoms with Gasteiger partial charge in [-0.15, -0.1) is 34.2 Å². The monoisotopic (exact) mass is 567 g/mol. The predicted molar refractivity (Wildman–Crippen MR) is 138 cm³/mol. The van der Waals surface area contributed by atoms with Crippen LogP contribution in [-0.2, 0) is 13.0 Å². The van der Waals surface area contributed by atoms with Crippen LogP contribution in [0.3, 0.4) is 0 Å². The van der Waals surface area contributed by atoms with Crippen molar-refractivity contribution in [1.29, 1.82) is 0 Å². The molecule has 178 valence electrons. The predicted octanol–water partition coefficient (Wildman–Crippen LogP) is 2.87. The summed E-state index contributed by atoms with van der Waals surface area (Å²) in [5.41, 5.74) is 1.82. The number of rotatable bonds is 7. The average Bonchev–Trinajstić information content (AvgIpc) is 3.23.